The molecular weight excluding hydrogens is 540 g/mol. The summed E-state index contributed by atoms with van der Waals surface area (Å²) in [6, 6.07) is 15.4. The number of nitrogens with zero attached hydrogens (tertiary/aromatic N) is 3. The first-order valence-electron chi connectivity index (χ1n) is 13.4. The summed E-state index contributed by atoms with van der Waals surface area (Å²) in [5.41, 5.74) is 1.71. The van der Waals surface area contributed by atoms with Gasteiger partial charge in [-0.2, -0.15) is 0 Å². The van der Waals surface area contributed by atoms with Crippen LogP contribution < -0.4 is 10.6 Å². The fraction of sp³-hybridized carbons (Fsp3) is 0.188. The molecule has 3 aromatic carbocycles. The van der Waals surface area contributed by atoms with Gasteiger partial charge in [-0.3, -0.25) is 9.59 Å². The van der Waals surface area contributed by atoms with Crippen LogP contribution in [-0.4, -0.2) is 53.9 Å². The van der Waals surface area contributed by atoms with Crippen LogP contribution >= 0.6 is 0 Å². The lowest BCUT2D eigenvalue weighted by molar-refractivity contribution is 0.0335. The largest absolute Gasteiger partial charge is 0.455 e. The normalized spacial score (nSPS) is 13.9. The second-order valence-electron chi connectivity index (χ2n) is 10.3. The number of benzene rings is 3. The van der Waals surface area contributed by atoms with Gasteiger partial charge in [-0.15, -0.1) is 0 Å². The number of halogens is 2. The molecule has 1 saturated heterocycles. The zero-order valence-corrected chi connectivity index (χ0v) is 23.2. The highest BCUT2D eigenvalue weighted by molar-refractivity contribution is 6.12. The van der Waals surface area contributed by atoms with E-state index in [2.05, 4.69) is 20.6 Å². The lowest BCUT2D eigenvalue weighted by Crippen LogP contribution is -2.67. The third-order valence-electron chi connectivity index (χ3n) is 7.89. The maximum atomic E-state index is 16.4. The summed E-state index contributed by atoms with van der Waals surface area (Å²) in [7, 11) is 3.15. The van der Waals surface area contributed by atoms with E-state index in [-0.39, 0.29) is 33.8 Å². The number of aromatic nitrogens is 2. The van der Waals surface area contributed by atoms with E-state index in [9.17, 15) is 14.0 Å². The molecule has 2 amide bonds. The summed E-state index contributed by atoms with van der Waals surface area (Å²) in [4.78, 5) is 37.2. The van der Waals surface area contributed by atoms with Crippen molar-refractivity contribution in [2.24, 2.45) is 0 Å². The lowest BCUT2D eigenvalue weighted by Gasteiger charge is -2.47. The van der Waals surface area contributed by atoms with Gasteiger partial charge in [-0.05, 0) is 72.6 Å². The van der Waals surface area contributed by atoms with Crippen LogP contribution in [0.3, 0.4) is 0 Å². The molecule has 2 aromatic heterocycles. The van der Waals surface area contributed by atoms with Crippen molar-refractivity contribution >= 4 is 22.8 Å². The topological polar surface area (TPSA) is 100 Å². The number of hydrogen-bond acceptors (Lipinski definition) is 6. The summed E-state index contributed by atoms with van der Waals surface area (Å²) in [5.74, 6) is -1.25. The van der Waals surface area contributed by atoms with Gasteiger partial charge in [0, 0.05) is 56.3 Å². The van der Waals surface area contributed by atoms with Crippen molar-refractivity contribution in [1.29, 1.82) is 0 Å². The third-order valence-corrected chi connectivity index (χ3v) is 7.89. The van der Waals surface area contributed by atoms with Gasteiger partial charge in [-0.25, -0.2) is 18.7 Å². The maximum absolute atomic E-state index is 16.4. The van der Waals surface area contributed by atoms with E-state index in [1.54, 1.807) is 60.7 Å². The van der Waals surface area contributed by atoms with Gasteiger partial charge in [0.2, 0.25) is 0 Å². The first-order valence-corrected chi connectivity index (χ1v) is 13.4. The van der Waals surface area contributed by atoms with Crippen LogP contribution in [0.4, 0.5) is 8.78 Å². The average Bonchev–Trinajstić information content (AvgIpc) is 3.38. The fourth-order valence-electron chi connectivity index (χ4n) is 5.38. The quantitative estimate of drug-likeness (QED) is 0.297. The second-order valence-corrected chi connectivity index (χ2v) is 10.3. The Kier molecular flexibility index (Phi) is 6.78. The number of nitrogens with one attached hydrogen (secondary N) is 2. The Bertz CT molecular complexity index is 1830. The van der Waals surface area contributed by atoms with E-state index in [1.165, 1.54) is 31.3 Å². The van der Waals surface area contributed by atoms with Crippen molar-refractivity contribution < 1.29 is 22.8 Å². The molecule has 212 valence electrons. The van der Waals surface area contributed by atoms with Crippen molar-refractivity contribution in [3.8, 4) is 22.5 Å². The predicted molar refractivity (Wildman–Crippen MR) is 154 cm³/mol. The molecule has 0 spiro atoms. The molecule has 0 saturated carbocycles. The molecule has 0 unspecified atom stereocenters. The summed E-state index contributed by atoms with van der Waals surface area (Å²) < 4.78 is 36.0. The van der Waals surface area contributed by atoms with Crippen LogP contribution in [0.2, 0.25) is 0 Å². The molecular formula is C32H27F2N5O3. The van der Waals surface area contributed by atoms with Crippen molar-refractivity contribution in [1.82, 2.24) is 25.5 Å². The van der Waals surface area contributed by atoms with E-state index in [1.807, 2.05) is 6.92 Å². The zero-order valence-electron chi connectivity index (χ0n) is 23.2. The van der Waals surface area contributed by atoms with Crippen LogP contribution in [0, 0.1) is 18.6 Å². The van der Waals surface area contributed by atoms with E-state index in [4.69, 9.17) is 4.42 Å². The van der Waals surface area contributed by atoms with Crippen molar-refractivity contribution in [3.63, 3.8) is 0 Å². The molecule has 1 aliphatic rings. The molecule has 6 rings (SSSR count). The first kappa shape index (κ1) is 27.2. The summed E-state index contributed by atoms with van der Waals surface area (Å²) in [6.07, 6.45) is 3.29. The minimum absolute atomic E-state index is 0.000134. The van der Waals surface area contributed by atoms with Crippen molar-refractivity contribution in [2.45, 2.75) is 12.5 Å². The third kappa shape index (κ3) is 4.31. The SMILES string of the molecule is CNC(=O)c1c(-c2ccc(F)cc2)oc2ccc(-c3cc(C(=O)N(C)C4(c5ncccn5)CNC4)ccc3C)c(F)c12. The minimum atomic E-state index is -0.705. The van der Waals surface area contributed by atoms with Crippen LogP contribution in [0.5, 0.6) is 0 Å². The number of fused-ring (bicyclic) bond motifs is 1. The van der Waals surface area contributed by atoms with Gasteiger partial charge in [0.15, 0.2) is 5.82 Å². The number of hydrogen-bond donors (Lipinski definition) is 2. The number of furan rings is 1. The highest BCUT2D eigenvalue weighted by Gasteiger charge is 2.47. The van der Waals surface area contributed by atoms with Crippen LogP contribution in [-0.2, 0) is 5.54 Å². The molecule has 1 aliphatic heterocycles. The lowest BCUT2D eigenvalue weighted by atomic mass is 9.88. The molecule has 1 fully saturated rings. The van der Waals surface area contributed by atoms with Crippen LogP contribution in [0.1, 0.15) is 32.1 Å². The van der Waals surface area contributed by atoms with Gasteiger partial charge >= 0.3 is 0 Å². The monoisotopic (exact) mass is 567 g/mol. The molecule has 0 bridgehead atoms. The van der Waals surface area contributed by atoms with Gasteiger partial charge in [0.1, 0.15) is 28.5 Å². The molecule has 3 heterocycles. The Morgan fingerprint density at radius 3 is 2.36 bits per heavy atom. The first-order chi connectivity index (χ1) is 20.2. The zero-order chi connectivity index (χ0) is 29.6. The van der Waals surface area contributed by atoms with E-state index in [0.717, 1.165) is 5.56 Å². The van der Waals surface area contributed by atoms with Crippen molar-refractivity contribution in [2.75, 3.05) is 27.2 Å². The molecule has 0 radical (unpaired) electrons. The number of amides is 2. The molecule has 5 aromatic rings. The Balaban J connectivity index is 1.45. The number of carbonyl (C=O) groups is 2. The van der Waals surface area contributed by atoms with E-state index in [0.29, 0.717) is 35.6 Å². The molecule has 0 aliphatic carbocycles. The number of likely N-dealkylation sites (N-methyl/N-ethyl adjacent to an activating group) is 1. The smallest absolute Gasteiger partial charge is 0.255 e. The van der Waals surface area contributed by atoms with Gasteiger partial charge < -0.3 is 20.0 Å². The minimum Gasteiger partial charge on any atom is -0.455 e. The molecule has 0 atom stereocenters. The Morgan fingerprint density at radius 1 is 1.00 bits per heavy atom. The number of rotatable bonds is 6. The van der Waals surface area contributed by atoms with Crippen LogP contribution in [0.15, 0.2) is 77.5 Å². The number of aryl methyl sites for hydroxylation is 1. The highest BCUT2D eigenvalue weighted by atomic mass is 19.1. The van der Waals surface area contributed by atoms with E-state index >= 15 is 4.39 Å². The van der Waals surface area contributed by atoms with Crippen molar-refractivity contribution in [3.05, 3.63) is 107 Å². The second kappa shape index (κ2) is 10.5. The fourth-order valence-corrected chi connectivity index (χ4v) is 5.38. The summed E-state index contributed by atoms with van der Waals surface area (Å²) >= 11 is 0. The highest BCUT2D eigenvalue weighted by Crippen LogP contribution is 2.40. The van der Waals surface area contributed by atoms with Gasteiger partial charge in [-0.1, -0.05) is 6.07 Å². The average molecular weight is 568 g/mol. The molecule has 42 heavy (non-hydrogen) atoms. The Hall–Kier alpha value is -4.96. The van der Waals surface area contributed by atoms with E-state index < -0.39 is 23.1 Å². The Morgan fingerprint density at radius 2 is 1.71 bits per heavy atom. The standard InChI is InChI=1S/C32H27F2N5O3/c1-18-5-6-20(30(41)39(3)32(16-36-17-32)31-37-13-4-14-38-31)15-23(18)22-11-12-24-25(27(22)34)26(29(40)35-2)28(42-24)19-7-9-21(33)10-8-19/h4-15,36H,16-17H2,1-3H3,(H,35,40). The van der Waals surface area contributed by atoms with Gasteiger partial charge in [0.05, 0.1) is 10.9 Å². The van der Waals surface area contributed by atoms with Crippen LogP contribution in [0.25, 0.3) is 33.4 Å². The molecule has 2 N–H and O–H groups in total. The summed E-state index contributed by atoms with van der Waals surface area (Å²) in [5, 5.41) is 5.76. The van der Waals surface area contributed by atoms with Gasteiger partial charge in [0.25, 0.3) is 11.8 Å². The maximum Gasteiger partial charge on any atom is 0.255 e. The summed E-state index contributed by atoms with van der Waals surface area (Å²) in [6.45, 7) is 2.83. The number of carbonyl (C=O) groups excluding carboxylic acids is 2. The Labute approximate surface area is 240 Å². The predicted octanol–water partition coefficient (Wildman–Crippen LogP) is 5.07. The molecule has 8 nitrogen and oxygen atoms in total. The molecule has 10 heteroatoms.